The van der Waals surface area contributed by atoms with Gasteiger partial charge < -0.3 is 20.2 Å². The lowest BCUT2D eigenvalue weighted by Crippen LogP contribution is -2.38. The molecule has 1 atom stereocenters. The summed E-state index contributed by atoms with van der Waals surface area (Å²) in [6.07, 6.45) is 2.33. The van der Waals surface area contributed by atoms with Crippen LogP contribution in [0.2, 0.25) is 0 Å². The molecule has 156 valence electrons. The second-order valence-electron chi connectivity index (χ2n) is 6.82. The fourth-order valence-corrected chi connectivity index (χ4v) is 4.07. The fraction of sp³-hybridized carbons (Fsp3) is 0.250. The number of aromatic hydroxyl groups is 1. The van der Waals surface area contributed by atoms with Gasteiger partial charge in [-0.15, -0.1) is 0 Å². The highest BCUT2D eigenvalue weighted by Crippen LogP contribution is 2.29. The van der Waals surface area contributed by atoms with E-state index in [9.17, 15) is 19.4 Å². The zero-order valence-electron chi connectivity index (χ0n) is 15.7. The Bertz CT molecular complexity index is 1130. The number of hydrogen-bond donors (Lipinski definition) is 4. The molecule has 0 aliphatic carbocycles. The molecule has 8 nitrogen and oxygen atoms in total. The Balaban J connectivity index is 1.43. The molecule has 0 fully saturated rings. The summed E-state index contributed by atoms with van der Waals surface area (Å²) in [6.45, 7) is 0.156. The van der Waals surface area contributed by atoms with Gasteiger partial charge in [0.15, 0.2) is 5.13 Å². The molecule has 4 rings (SSSR count). The van der Waals surface area contributed by atoms with E-state index < -0.39 is 18.5 Å². The molecule has 3 heterocycles. The molecule has 1 aromatic carbocycles. The van der Waals surface area contributed by atoms with Crippen molar-refractivity contribution >= 4 is 38.3 Å². The van der Waals surface area contributed by atoms with Crippen molar-refractivity contribution in [3.05, 3.63) is 53.6 Å². The zero-order valence-corrected chi connectivity index (χ0v) is 16.6. The first kappa shape index (κ1) is 20.2. The average Bonchev–Trinajstić information content (AvgIpc) is 3.14. The molecule has 4 N–H and O–H groups in total. The number of urea groups is 1. The molecule has 2 aromatic heterocycles. The van der Waals surface area contributed by atoms with Crippen LogP contribution < -0.4 is 5.32 Å². The van der Waals surface area contributed by atoms with Crippen LogP contribution in [0.3, 0.4) is 0 Å². The number of pyridine rings is 1. The highest BCUT2D eigenvalue weighted by molar-refractivity contribution is 7.22. The van der Waals surface area contributed by atoms with E-state index in [4.69, 9.17) is 5.11 Å². The number of nitrogens with one attached hydrogen (secondary N) is 1. The summed E-state index contributed by atoms with van der Waals surface area (Å²) in [4.78, 5) is 22.5. The van der Waals surface area contributed by atoms with E-state index in [1.54, 1.807) is 23.1 Å². The number of amides is 2. The van der Waals surface area contributed by atoms with Gasteiger partial charge in [-0.25, -0.2) is 14.2 Å². The van der Waals surface area contributed by atoms with Crippen molar-refractivity contribution in [2.24, 2.45) is 0 Å². The number of phenols is 1. The maximum absolute atomic E-state index is 14.4. The zero-order chi connectivity index (χ0) is 21.3. The van der Waals surface area contributed by atoms with E-state index in [2.05, 4.69) is 15.3 Å². The molecule has 2 amide bonds. The molecule has 1 aliphatic rings. The van der Waals surface area contributed by atoms with Gasteiger partial charge >= 0.3 is 6.03 Å². The van der Waals surface area contributed by atoms with Crippen molar-refractivity contribution < 1.29 is 24.5 Å². The lowest BCUT2D eigenvalue weighted by atomic mass is 10.0. The quantitative estimate of drug-likeness (QED) is 0.505. The average molecular weight is 430 g/mol. The number of carbonyl (C=O) groups excluding carboxylic acids is 1. The van der Waals surface area contributed by atoms with E-state index in [0.29, 0.717) is 29.2 Å². The Morgan fingerprint density at radius 1 is 1.37 bits per heavy atom. The lowest BCUT2D eigenvalue weighted by Gasteiger charge is -2.26. The summed E-state index contributed by atoms with van der Waals surface area (Å²) in [5.41, 5.74) is 1.75. The molecule has 0 radical (unpaired) electrons. The van der Waals surface area contributed by atoms with E-state index in [1.165, 1.54) is 23.6 Å². The number of phenolic OH excluding ortho intramolecular Hbond substituents is 1. The van der Waals surface area contributed by atoms with E-state index >= 15 is 0 Å². The number of aromatic nitrogens is 2. The third kappa shape index (κ3) is 4.11. The van der Waals surface area contributed by atoms with Crippen molar-refractivity contribution in [3.63, 3.8) is 0 Å². The SMILES string of the molecule is O=C(Nc1nc2ccc(O)cc2s1)N1CC=C(c2ncc([C@H](O)CO)cc2F)CC1. The molecule has 0 spiro atoms. The van der Waals surface area contributed by atoms with Crippen molar-refractivity contribution in [1.29, 1.82) is 0 Å². The molecule has 0 bridgehead atoms. The fourth-order valence-electron chi connectivity index (χ4n) is 3.18. The number of fused-ring (bicyclic) bond motifs is 1. The largest absolute Gasteiger partial charge is 0.508 e. The summed E-state index contributed by atoms with van der Waals surface area (Å²) >= 11 is 1.27. The number of thiazole rings is 1. The van der Waals surface area contributed by atoms with Crippen LogP contribution in [0.5, 0.6) is 5.75 Å². The van der Waals surface area contributed by atoms with Gasteiger partial charge in [0.1, 0.15) is 23.4 Å². The molecule has 0 saturated heterocycles. The molecule has 1 aliphatic heterocycles. The monoisotopic (exact) mass is 430 g/mol. The first-order chi connectivity index (χ1) is 14.4. The topological polar surface area (TPSA) is 119 Å². The summed E-state index contributed by atoms with van der Waals surface area (Å²) in [5.74, 6) is -0.445. The van der Waals surface area contributed by atoms with Crippen molar-refractivity contribution in [2.45, 2.75) is 12.5 Å². The van der Waals surface area contributed by atoms with Crippen LogP contribution in [0.15, 0.2) is 36.5 Å². The number of carbonyl (C=O) groups is 1. The number of benzene rings is 1. The number of anilines is 1. The first-order valence-electron chi connectivity index (χ1n) is 9.24. The maximum atomic E-state index is 14.4. The van der Waals surface area contributed by atoms with Crippen LogP contribution >= 0.6 is 11.3 Å². The lowest BCUT2D eigenvalue weighted by molar-refractivity contribution is 0.0950. The summed E-state index contributed by atoms with van der Waals surface area (Å²) < 4.78 is 15.2. The number of aliphatic hydroxyl groups is 2. The van der Waals surface area contributed by atoms with Gasteiger partial charge in [0.2, 0.25) is 0 Å². The van der Waals surface area contributed by atoms with Crippen LogP contribution in [0.4, 0.5) is 14.3 Å². The minimum absolute atomic E-state index is 0.137. The smallest absolute Gasteiger partial charge is 0.323 e. The van der Waals surface area contributed by atoms with Crippen LogP contribution in [0.1, 0.15) is 23.8 Å². The number of hydrogen-bond acceptors (Lipinski definition) is 7. The maximum Gasteiger partial charge on any atom is 0.323 e. The summed E-state index contributed by atoms with van der Waals surface area (Å²) in [6, 6.07) is 5.65. The van der Waals surface area contributed by atoms with Crippen LogP contribution in [-0.4, -0.2) is 55.9 Å². The molecule has 0 saturated carbocycles. The van der Waals surface area contributed by atoms with E-state index in [-0.39, 0.29) is 29.6 Å². The molecular formula is C20H19FN4O4S. The van der Waals surface area contributed by atoms with Crippen LogP contribution in [0, 0.1) is 5.82 Å². The normalized spacial score (nSPS) is 15.2. The predicted molar refractivity (Wildman–Crippen MR) is 111 cm³/mol. The molecule has 3 aromatic rings. The van der Waals surface area contributed by atoms with E-state index in [1.807, 2.05) is 0 Å². The van der Waals surface area contributed by atoms with Gasteiger partial charge in [-0.3, -0.25) is 10.3 Å². The number of aliphatic hydroxyl groups excluding tert-OH is 2. The number of rotatable bonds is 4. The van der Waals surface area contributed by atoms with Gasteiger partial charge in [0, 0.05) is 24.8 Å². The van der Waals surface area contributed by atoms with Gasteiger partial charge in [-0.1, -0.05) is 17.4 Å². The minimum atomic E-state index is -1.17. The van der Waals surface area contributed by atoms with Gasteiger partial charge in [0.25, 0.3) is 0 Å². The molecule has 0 unspecified atom stereocenters. The molecule has 30 heavy (non-hydrogen) atoms. The molecular weight excluding hydrogens is 411 g/mol. The van der Waals surface area contributed by atoms with Crippen LogP contribution in [0.25, 0.3) is 15.8 Å². The number of nitrogens with zero attached hydrogens (tertiary/aromatic N) is 3. The first-order valence-corrected chi connectivity index (χ1v) is 10.1. The Morgan fingerprint density at radius 2 is 2.20 bits per heavy atom. The summed E-state index contributed by atoms with van der Waals surface area (Å²) in [7, 11) is 0. The van der Waals surface area contributed by atoms with Gasteiger partial charge in [0.05, 0.1) is 16.8 Å². The Morgan fingerprint density at radius 3 is 2.90 bits per heavy atom. The van der Waals surface area contributed by atoms with Crippen molar-refractivity contribution in [2.75, 3.05) is 25.0 Å². The summed E-state index contributed by atoms with van der Waals surface area (Å²) in [5, 5.41) is 31.3. The predicted octanol–water partition coefficient (Wildman–Crippen LogP) is 2.88. The third-order valence-electron chi connectivity index (χ3n) is 4.81. The van der Waals surface area contributed by atoms with Crippen molar-refractivity contribution in [3.8, 4) is 5.75 Å². The number of halogens is 1. The highest BCUT2D eigenvalue weighted by Gasteiger charge is 2.22. The van der Waals surface area contributed by atoms with Gasteiger partial charge in [-0.05, 0) is 36.3 Å². The minimum Gasteiger partial charge on any atom is -0.508 e. The second kappa shape index (κ2) is 8.34. The Labute approximate surface area is 174 Å². The third-order valence-corrected chi connectivity index (χ3v) is 5.74. The molecule has 10 heteroatoms. The Hall–Kier alpha value is -3.08. The van der Waals surface area contributed by atoms with Gasteiger partial charge in [-0.2, -0.15) is 0 Å². The standard InChI is InChI=1S/C20H19FN4O4S/c21-14-7-12(16(28)10-26)9-22-18(14)11-3-5-25(6-4-11)20(29)24-19-23-15-2-1-13(27)8-17(15)30-19/h1-3,7-9,16,26-28H,4-6,10H2,(H,23,24,29)/t16-/m1/s1. The van der Waals surface area contributed by atoms with Crippen molar-refractivity contribution in [1.82, 2.24) is 14.9 Å². The Kier molecular flexibility index (Phi) is 5.62. The second-order valence-corrected chi connectivity index (χ2v) is 7.85. The highest BCUT2D eigenvalue weighted by atomic mass is 32.1. The van der Waals surface area contributed by atoms with E-state index in [0.717, 1.165) is 10.8 Å². The van der Waals surface area contributed by atoms with Crippen LogP contribution in [-0.2, 0) is 0 Å².